The summed E-state index contributed by atoms with van der Waals surface area (Å²) in [6, 6.07) is 12.8. The monoisotopic (exact) mass is 452 g/mol. The first-order valence-corrected chi connectivity index (χ1v) is 12.6. The van der Waals surface area contributed by atoms with E-state index in [9.17, 15) is 21.6 Å². The van der Waals surface area contributed by atoms with E-state index < -0.39 is 31.3 Å². The van der Waals surface area contributed by atoms with E-state index in [2.05, 4.69) is 10.0 Å². The summed E-state index contributed by atoms with van der Waals surface area (Å²) in [5, 5.41) is 2.61. The van der Waals surface area contributed by atoms with Crippen LogP contribution in [0.5, 0.6) is 0 Å². The third-order valence-corrected chi connectivity index (χ3v) is 7.75. The van der Waals surface area contributed by atoms with E-state index in [1.165, 1.54) is 18.2 Å². The zero-order valence-corrected chi connectivity index (χ0v) is 19.2. The number of benzene rings is 2. The van der Waals surface area contributed by atoms with Crippen molar-refractivity contribution >= 4 is 25.8 Å². The number of rotatable bonds is 8. The van der Waals surface area contributed by atoms with Crippen LogP contribution in [0.25, 0.3) is 0 Å². The van der Waals surface area contributed by atoms with Gasteiger partial charge in [-0.05, 0) is 51.5 Å². The van der Waals surface area contributed by atoms with Crippen molar-refractivity contribution in [3.05, 3.63) is 59.7 Å². The molecule has 2 N–H and O–H groups in total. The van der Waals surface area contributed by atoms with Gasteiger partial charge in [0.25, 0.3) is 0 Å². The van der Waals surface area contributed by atoms with E-state index in [0.29, 0.717) is 5.56 Å². The van der Waals surface area contributed by atoms with Crippen molar-refractivity contribution in [1.29, 1.82) is 0 Å². The number of sulfonamides is 1. The zero-order chi connectivity index (χ0) is 22.6. The second-order valence-corrected chi connectivity index (χ2v) is 11.9. The molecule has 0 aliphatic heterocycles. The maximum absolute atomic E-state index is 12.6. The minimum absolute atomic E-state index is 0.0232. The summed E-state index contributed by atoms with van der Waals surface area (Å²) in [7, 11) is -7.34. The normalized spacial score (nSPS) is 12.5. The van der Waals surface area contributed by atoms with Crippen LogP contribution in [0.2, 0.25) is 0 Å². The van der Waals surface area contributed by atoms with E-state index in [1.54, 1.807) is 51.1 Å². The van der Waals surface area contributed by atoms with Gasteiger partial charge in [-0.2, -0.15) is 0 Å². The van der Waals surface area contributed by atoms with Gasteiger partial charge < -0.3 is 5.32 Å². The van der Waals surface area contributed by atoms with Crippen molar-refractivity contribution in [3.8, 4) is 0 Å². The molecule has 0 bridgehead atoms. The van der Waals surface area contributed by atoms with Crippen molar-refractivity contribution < 1.29 is 21.6 Å². The van der Waals surface area contributed by atoms with E-state index in [1.807, 2.05) is 6.92 Å². The van der Waals surface area contributed by atoms with Gasteiger partial charge >= 0.3 is 0 Å². The number of nitrogens with one attached hydrogen (secondary N) is 2. The Hall–Kier alpha value is -2.23. The molecule has 0 aliphatic carbocycles. The second kappa shape index (κ2) is 9.28. The lowest BCUT2D eigenvalue weighted by atomic mass is 10.1. The number of amides is 1. The lowest BCUT2D eigenvalue weighted by Crippen LogP contribution is -2.41. The smallest absolute Gasteiger partial charge is 0.241 e. The molecule has 0 fully saturated rings. The summed E-state index contributed by atoms with van der Waals surface area (Å²) < 4.78 is 52.6. The molecule has 1 amide bonds. The molecule has 9 heteroatoms. The average molecular weight is 453 g/mol. The highest BCUT2D eigenvalue weighted by atomic mass is 32.2. The molecule has 0 atom stereocenters. The summed E-state index contributed by atoms with van der Waals surface area (Å²) >= 11 is 0. The quantitative estimate of drug-likeness (QED) is 0.640. The van der Waals surface area contributed by atoms with Gasteiger partial charge in [-0.15, -0.1) is 0 Å². The molecule has 0 unspecified atom stereocenters. The Kier molecular flexibility index (Phi) is 7.44. The molecular weight excluding hydrogens is 424 g/mol. The molecule has 0 heterocycles. The van der Waals surface area contributed by atoms with E-state index in [0.717, 1.165) is 5.56 Å². The molecule has 2 aromatic rings. The number of hydrogen-bond donors (Lipinski definition) is 2. The van der Waals surface area contributed by atoms with Gasteiger partial charge in [0.1, 0.15) is 0 Å². The summed E-state index contributed by atoms with van der Waals surface area (Å²) in [4.78, 5) is 12.4. The summed E-state index contributed by atoms with van der Waals surface area (Å²) in [5.74, 6) is -0.797. The van der Waals surface area contributed by atoms with E-state index in [-0.39, 0.29) is 28.5 Å². The third kappa shape index (κ3) is 6.93. The third-order valence-electron chi connectivity index (χ3n) is 4.16. The highest BCUT2D eigenvalue weighted by Crippen LogP contribution is 2.18. The predicted molar refractivity (Wildman–Crippen MR) is 116 cm³/mol. The Balaban J connectivity index is 2.03. The largest absolute Gasteiger partial charge is 0.352 e. The van der Waals surface area contributed by atoms with Crippen LogP contribution in [0.3, 0.4) is 0 Å². The first-order chi connectivity index (χ1) is 13.8. The molecular formula is C21H28N2O5S2. The Morgan fingerprint density at radius 3 is 2.13 bits per heavy atom. The molecule has 2 rings (SSSR count). The second-order valence-electron chi connectivity index (χ2n) is 8.12. The van der Waals surface area contributed by atoms with Crippen LogP contribution in [0.1, 0.15) is 38.3 Å². The van der Waals surface area contributed by atoms with Crippen molar-refractivity contribution in [2.45, 2.75) is 56.0 Å². The van der Waals surface area contributed by atoms with Gasteiger partial charge in [-0.1, -0.05) is 35.9 Å². The fourth-order valence-corrected chi connectivity index (χ4v) is 5.64. The Labute approximate surface area is 178 Å². The van der Waals surface area contributed by atoms with Gasteiger partial charge in [-0.25, -0.2) is 21.6 Å². The van der Waals surface area contributed by atoms with Gasteiger partial charge in [0.05, 0.1) is 15.5 Å². The number of carbonyl (C=O) groups is 1. The standard InChI is InChI=1S/C21H28N2O5S2/c1-16-9-11-18(12-10-16)29(25,26)14-13-20(24)22-15-17-7-5-6-8-19(17)30(27,28)23-21(2,3)4/h5-12,23H,13-15H2,1-4H3,(H,22,24). The number of aryl methyl sites for hydroxylation is 1. The molecule has 0 saturated carbocycles. The SMILES string of the molecule is Cc1ccc(S(=O)(=O)CCC(=O)NCc2ccccc2S(=O)(=O)NC(C)(C)C)cc1. The minimum atomic E-state index is -3.77. The predicted octanol–water partition coefficient (Wildman–Crippen LogP) is 2.55. The summed E-state index contributed by atoms with van der Waals surface area (Å²) in [6.07, 6.45) is -0.217. The average Bonchev–Trinajstić information content (AvgIpc) is 2.63. The van der Waals surface area contributed by atoms with Crippen LogP contribution in [0.15, 0.2) is 58.3 Å². The van der Waals surface area contributed by atoms with Crippen LogP contribution in [0.4, 0.5) is 0 Å². The van der Waals surface area contributed by atoms with Crippen LogP contribution >= 0.6 is 0 Å². The van der Waals surface area contributed by atoms with Crippen LogP contribution in [-0.4, -0.2) is 34.0 Å². The molecule has 0 saturated heterocycles. The van der Waals surface area contributed by atoms with E-state index >= 15 is 0 Å². The Morgan fingerprint density at radius 1 is 0.933 bits per heavy atom. The lowest BCUT2D eigenvalue weighted by molar-refractivity contribution is -0.120. The molecule has 0 spiro atoms. The topological polar surface area (TPSA) is 109 Å². The zero-order valence-electron chi connectivity index (χ0n) is 17.6. The van der Waals surface area contributed by atoms with Gasteiger partial charge in [-0.3, -0.25) is 4.79 Å². The molecule has 7 nitrogen and oxygen atoms in total. The van der Waals surface area contributed by atoms with Crippen molar-refractivity contribution in [3.63, 3.8) is 0 Å². The number of hydrogen-bond acceptors (Lipinski definition) is 5. The number of sulfone groups is 1. The Morgan fingerprint density at radius 2 is 1.53 bits per heavy atom. The fourth-order valence-electron chi connectivity index (χ4n) is 2.74. The van der Waals surface area contributed by atoms with Crippen molar-refractivity contribution in [2.75, 3.05) is 5.75 Å². The van der Waals surface area contributed by atoms with Crippen molar-refractivity contribution in [1.82, 2.24) is 10.0 Å². The maximum atomic E-state index is 12.6. The van der Waals surface area contributed by atoms with Gasteiger partial charge in [0.15, 0.2) is 9.84 Å². The molecule has 30 heavy (non-hydrogen) atoms. The maximum Gasteiger partial charge on any atom is 0.241 e. The first-order valence-electron chi connectivity index (χ1n) is 9.48. The Bertz CT molecular complexity index is 1100. The van der Waals surface area contributed by atoms with Gasteiger partial charge in [0.2, 0.25) is 15.9 Å². The first kappa shape index (κ1) is 24.0. The van der Waals surface area contributed by atoms with Crippen LogP contribution in [-0.2, 0) is 31.2 Å². The molecule has 0 radical (unpaired) electrons. The summed E-state index contributed by atoms with van der Waals surface area (Å²) in [6.45, 7) is 7.06. The number of carbonyl (C=O) groups excluding carboxylic acids is 1. The lowest BCUT2D eigenvalue weighted by Gasteiger charge is -2.21. The molecule has 2 aromatic carbocycles. The molecule has 164 valence electrons. The van der Waals surface area contributed by atoms with E-state index in [4.69, 9.17) is 0 Å². The van der Waals surface area contributed by atoms with Crippen LogP contribution in [0, 0.1) is 6.92 Å². The molecule has 0 aliphatic rings. The summed E-state index contributed by atoms with van der Waals surface area (Å²) in [5.41, 5.74) is 0.713. The highest BCUT2D eigenvalue weighted by Gasteiger charge is 2.24. The highest BCUT2D eigenvalue weighted by molar-refractivity contribution is 7.91. The van der Waals surface area contributed by atoms with Gasteiger partial charge in [0, 0.05) is 18.5 Å². The van der Waals surface area contributed by atoms with Crippen molar-refractivity contribution in [2.24, 2.45) is 0 Å². The fraction of sp³-hybridized carbons (Fsp3) is 0.381. The van der Waals surface area contributed by atoms with Crippen LogP contribution < -0.4 is 10.0 Å². The minimum Gasteiger partial charge on any atom is -0.352 e. The molecule has 0 aromatic heterocycles.